The molecule has 0 saturated heterocycles. The Labute approximate surface area is 180 Å². The highest BCUT2D eigenvalue weighted by Gasteiger charge is 2.17. The lowest BCUT2D eigenvalue weighted by molar-refractivity contribution is 0.102. The fourth-order valence-electron chi connectivity index (χ4n) is 2.99. The van der Waals surface area contributed by atoms with Crippen molar-refractivity contribution >= 4 is 17.5 Å². The minimum atomic E-state index is 0.0553. The highest BCUT2D eigenvalue weighted by Crippen LogP contribution is 2.33. The van der Waals surface area contributed by atoms with Gasteiger partial charge in [0.25, 0.3) is 0 Å². The number of thioether (sulfide) groups is 1. The van der Waals surface area contributed by atoms with Crippen LogP contribution in [0.15, 0.2) is 53.7 Å². The third kappa shape index (κ3) is 5.20. The molecular weight excluding hydrogens is 402 g/mol. The van der Waals surface area contributed by atoms with Gasteiger partial charge in [0.2, 0.25) is 0 Å². The minimum Gasteiger partial charge on any atom is -0.493 e. The summed E-state index contributed by atoms with van der Waals surface area (Å²) >= 11 is 1.38. The second kappa shape index (κ2) is 10.8. The number of hydrogen-bond donors (Lipinski definition) is 0. The maximum absolute atomic E-state index is 12.5. The number of benzene rings is 2. The number of carbonyl (C=O) groups is 1. The molecule has 0 aliphatic rings. The highest BCUT2D eigenvalue weighted by molar-refractivity contribution is 7.99. The van der Waals surface area contributed by atoms with Gasteiger partial charge in [-0.1, -0.05) is 42.1 Å². The van der Waals surface area contributed by atoms with E-state index in [9.17, 15) is 4.79 Å². The molecule has 0 fully saturated rings. The Morgan fingerprint density at radius 2 is 1.77 bits per heavy atom. The molecule has 8 heteroatoms. The van der Waals surface area contributed by atoms with Gasteiger partial charge in [0.05, 0.1) is 20.0 Å². The summed E-state index contributed by atoms with van der Waals surface area (Å²) in [7, 11) is 4.88. The molecule has 1 heterocycles. The van der Waals surface area contributed by atoms with Crippen molar-refractivity contribution in [3.05, 3.63) is 54.1 Å². The van der Waals surface area contributed by atoms with Crippen LogP contribution >= 0.6 is 11.8 Å². The average molecular weight is 428 g/mol. The Balaban J connectivity index is 1.85. The third-order valence-corrected chi connectivity index (χ3v) is 5.48. The summed E-state index contributed by atoms with van der Waals surface area (Å²) in [5.41, 5.74) is 1.55. The molecule has 0 atom stereocenters. The Bertz CT molecular complexity index is 976. The Kier molecular flexibility index (Phi) is 7.87. The van der Waals surface area contributed by atoms with E-state index in [-0.39, 0.29) is 5.78 Å². The minimum absolute atomic E-state index is 0.0553. The fourth-order valence-corrected chi connectivity index (χ4v) is 3.85. The van der Waals surface area contributed by atoms with Gasteiger partial charge in [-0.05, 0) is 24.6 Å². The molecule has 0 saturated carbocycles. The molecule has 3 aromatic rings. The number of rotatable bonds is 11. The standard InChI is InChI=1S/C22H25N3O4S/c1-27-13-7-12-25-21(17-10-11-19(28-2)20(14-17)29-3)23-24-22(25)30-15-18(26)16-8-5-4-6-9-16/h4-6,8-11,14H,7,12-13,15H2,1-3H3. The summed E-state index contributed by atoms with van der Waals surface area (Å²) in [6, 6.07) is 14.9. The van der Waals surface area contributed by atoms with Crippen LogP contribution in [-0.2, 0) is 11.3 Å². The molecule has 0 aliphatic carbocycles. The van der Waals surface area contributed by atoms with Crippen molar-refractivity contribution in [1.82, 2.24) is 14.8 Å². The molecule has 30 heavy (non-hydrogen) atoms. The van der Waals surface area contributed by atoms with E-state index < -0.39 is 0 Å². The van der Waals surface area contributed by atoms with Gasteiger partial charge in [0.1, 0.15) is 0 Å². The number of methoxy groups -OCH3 is 3. The second-order valence-electron chi connectivity index (χ2n) is 6.45. The molecule has 7 nitrogen and oxygen atoms in total. The van der Waals surface area contributed by atoms with Crippen molar-refractivity contribution in [3.8, 4) is 22.9 Å². The molecule has 0 aliphatic heterocycles. The van der Waals surface area contributed by atoms with E-state index in [1.807, 2.05) is 53.1 Å². The summed E-state index contributed by atoms with van der Waals surface area (Å²) in [4.78, 5) is 12.5. The lowest BCUT2D eigenvalue weighted by Gasteiger charge is -2.12. The number of Topliss-reactive ketones (excluding diaryl/α,β-unsaturated/α-hetero) is 1. The van der Waals surface area contributed by atoms with Crippen molar-refractivity contribution < 1.29 is 19.0 Å². The first-order valence-corrected chi connectivity index (χ1v) is 10.5. The normalized spacial score (nSPS) is 10.8. The summed E-state index contributed by atoms with van der Waals surface area (Å²) in [6.45, 7) is 1.29. The van der Waals surface area contributed by atoms with Crippen LogP contribution in [-0.4, -0.2) is 54.2 Å². The van der Waals surface area contributed by atoms with Gasteiger partial charge in [-0.2, -0.15) is 0 Å². The molecule has 0 unspecified atom stereocenters. The van der Waals surface area contributed by atoms with Crippen molar-refractivity contribution in [2.75, 3.05) is 33.7 Å². The monoisotopic (exact) mass is 427 g/mol. The van der Waals surface area contributed by atoms with E-state index in [0.717, 1.165) is 12.0 Å². The number of ketones is 1. The zero-order chi connectivity index (χ0) is 21.3. The molecule has 0 amide bonds. The molecular formula is C22H25N3O4S. The lowest BCUT2D eigenvalue weighted by Crippen LogP contribution is -2.07. The molecule has 2 aromatic carbocycles. The third-order valence-electron chi connectivity index (χ3n) is 4.52. The number of hydrogen-bond acceptors (Lipinski definition) is 7. The SMILES string of the molecule is COCCCn1c(SCC(=O)c2ccccc2)nnc1-c1ccc(OC)c(OC)c1. The molecule has 158 valence electrons. The molecule has 3 rings (SSSR count). The molecule has 1 aromatic heterocycles. The van der Waals surface area contributed by atoms with Crippen LogP contribution in [0, 0.1) is 0 Å². The molecule has 0 bridgehead atoms. The van der Waals surface area contributed by atoms with Crippen molar-refractivity contribution in [3.63, 3.8) is 0 Å². The first-order chi connectivity index (χ1) is 14.7. The van der Waals surface area contributed by atoms with E-state index in [0.29, 0.717) is 46.9 Å². The lowest BCUT2D eigenvalue weighted by atomic mass is 10.2. The van der Waals surface area contributed by atoms with E-state index in [2.05, 4.69) is 10.2 Å². The largest absolute Gasteiger partial charge is 0.493 e. The highest BCUT2D eigenvalue weighted by atomic mass is 32.2. The van der Waals surface area contributed by atoms with Crippen LogP contribution in [0.2, 0.25) is 0 Å². The van der Waals surface area contributed by atoms with E-state index in [1.54, 1.807) is 21.3 Å². The second-order valence-corrected chi connectivity index (χ2v) is 7.39. The molecule has 0 N–H and O–H groups in total. The number of ether oxygens (including phenoxy) is 3. The van der Waals surface area contributed by atoms with Crippen LogP contribution in [0.5, 0.6) is 11.5 Å². The maximum atomic E-state index is 12.5. The van der Waals surface area contributed by atoms with Crippen molar-refractivity contribution in [2.24, 2.45) is 0 Å². The van der Waals surface area contributed by atoms with Crippen molar-refractivity contribution in [2.45, 2.75) is 18.1 Å². The number of nitrogens with zero attached hydrogens (tertiary/aromatic N) is 3. The summed E-state index contributed by atoms with van der Waals surface area (Å²) < 4.78 is 18.0. The van der Waals surface area contributed by atoms with Gasteiger partial charge >= 0.3 is 0 Å². The predicted octanol–water partition coefficient (Wildman–Crippen LogP) is 3.97. The van der Waals surface area contributed by atoms with Crippen LogP contribution in [0.1, 0.15) is 16.8 Å². The zero-order valence-electron chi connectivity index (χ0n) is 17.3. The van der Waals surface area contributed by atoms with Crippen molar-refractivity contribution in [1.29, 1.82) is 0 Å². The van der Waals surface area contributed by atoms with Gasteiger partial charge in [-0.3, -0.25) is 4.79 Å². The van der Waals surface area contributed by atoms with Crippen LogP contribution in [0.4, 0.5) is 0 Å². The average Bonchev–Trinajstić information content (AvgIpc) is 3.20. The van der Waals surface area contributed by atoms with E-state index >= 15 is 0 Å². The summed E-state index contributed by atoms with van der Waals surface area (Å²) in [5, 5.41) is 9.43. The zero-order valence-corrected chi connectivity index (χ0v) is 18.1. The summed E-state index contributed by atoms with van der Waals surface area (Å²) in [6.07, 6.45) is 0.801. The van der Waals surface area contributed by atoms with E-state index in [1.165, 1.54) is 11.8 Å². The van der Waals surface area contributed by atoms with Gasteiger partial charge in [0.15, 0.2) is 28.3 Å². The number of carbonyl (C=O) groups excluding carboxylic acids is 1. The Morgan fingerprint density at radius 3 is 2.47 bits per heavy atom. The molecule has 0 radical (unpaired) electrons. The smallest absolute Gasteiger partial charge is 0.191 e. The Morgan fingerprint density at radius 1 is 1.00 bits per heavy atom. The van der Waals surface area contributed by atoms with Crippen LogP contribution in [0.3, 0.4) is 0 Å². The molecule has 0 spiro atoms. The van der Waals surface area contributed by atoms with Crippen LogP contribution < -0.4 is 9.47 Å². The predicted molar refractivity (Wildman–Crippen MR) is 117 cm³/mol. The maximum Gasteiger partial charge on any atom is 0.191 e. The van der Waals surface area contributed by atoms with Gasteiger partial charge < -0.3 is 18.8 Å². The topological polar surface area (TPSA) is 75.5 Å². The quantitative estimate of drug-likeness (QED) is 0.260. The first kappa shape index (κ1) is 21.9. The van der Waals surface area contributed by atoms with Gasteiger partial charge in [-0.25, -0.2) is 0 Å². The fraction of sp³-hybridized carbons (Fsp3) is 0.318. The van der Waals surface area contributed by atoms with E-state index in [4.69, 9.17) is 14.2 Å². The first-order valence-electron chi connectivity index (χ1n) is 9.53. The van der Waals surface area contributed by atoms with Gasteiger partial charge in [0, 0.05) is 31.4 Å². The summed E-state index contributed by atoms with van der Waals surface area (Å²) in [5.74, 6) is 2.32. The Hall–Kier alpha value is -2.84. The van der Waals surface area contributed by atoms with Crippen LogP contribution in [0.25, 0.3) is 11.4 Å². The number of aromatic nitrogens is 3. The van der Waals surface area contributed by atoms with Gasteiger partial charge in [-0.15, -0.1) is 10.2 Å².